The number of aliphatic hydroxyl groups is 1. The molecule has 2 heteroatoms. The lowest BCUT2D eigenvalue weighted by Crippen LogP contribution is -2.23. The van der Waals surface area contributed by atoms with E-state index in [4.69, 9.17) is 0 Å². The molecule has 26 heavy (non-hydrogen) atoms. The number of allylic oxidation sites excluding steroid dienone is 5. The van der Waals surface area contributed by atoms with E-state index in [1.165, 1.54) is 11.1 Å². The Morgan fingerprint density at radius 3 is 2.58 bits per heavy atom. The van der Waals surface area contributed by atoms with Crippen LogP contribution in [0.25, 0.3) is 0 Å². The maximum Gasteiger partial charge on any atom is 0.200 e. The van der Waals surface area contributed by atoms with Crippen molar-refractivity contribution in [2.75, 3.05) is 0 Å². The van der Waals surface area contributed by atoms with Gasteiger partial charge in [0.05, 0.1) is 0 Å². The zero-order chi connectivity index (χ0) is 18.9. The number of hydrogen-bond acceptors (Lipinski definition) is 2. The number of hydrogen-bond donors (Lipinski definition) is 1. The highest BCUT2D eigenvalue weighted by atomic mass is 16.3. The Morgan fingerprint density at radius 2 is 2.00 bits per heavy atom. The predicted molar refractivity (Wildman–Crippen MR) is 109 cm³/mol. The van der Waals surface area contributed by atoms with Crippen molar-refractivity contribution in [2.24, 2.45) is 11.8 Å². The summed E-state index contributed by atoms with van der Waals surface area (Å²) in [7, 11) is 0. The van der Waals surface area contributed by atoms with Gasteiger partial charge in [0.2, 0.25) is 0 Å². The SMILES string of the molecule is C=C(/C=C(\O)C(=O)C1CCC1)C/C(=C\C(C)CC)CCc1ccccc1. The molecule has 1 fully saturated rings. The first-order valence-electron chi connectivity index (χ1n) is 9.85. The average Bonchev–Trinajstić information content (AvgIpc) is 2.58. The van der Waals surface area contributed by atoms with E-state index in [0.29, 0.717) is 12.3 Å². The highest BCUT2D eigenvalue weighted by Gasteiger charge is 2.27. The van der Waals surface area contributed by atoms with Crippen LogP contribution in [0.15, 0.2) is 66.0 Å². The van der Waals surface area contributed by atoms with Gasteiger partial charge in [0.15, 0.2) is 11.5 Å². The van der Waals surface area contributed by atoms with Gasteiger partial charge in [-0.15, -0.1) is 0 Å². The van der Waals surface area contributed by atoms with Gasteiger partial charge in [0.1, 0.15) is 0 Å². The molecule has 140 valence electrons. The Hall–Kier alpha value is -2.09. The third-order valence-electron chi connectivity index (χ3n) is 5.27. The molecule has 1 unspecified atom stereocenters. The Morgan fingerprint density at radius 1 is 1.31 bits per heavy atom. The van der Waals surface area contributed by atoms with Gasteiger partial charge in [0, 0.05) is 5.92 Å². The van der Waals surface area contributed by atoms with Crippen LogP contribution in [0.5, 0.6) is 0 Å². The standard InChI is InChI=1S/C24H32O2/c1-4-18(2)15-21(14-13-20-9-6-5-7-10-20)16-19(3)17-23(25)24(26)22-11-8-12-22/h5-7,9-10,15,17-18,22,25H,3-4,8,11-14,16H2,1-2H3/b21-15-,23-17-. The van der Waals surface area contributed by atoms with Gasteiger partial charge in [-0.2, -0.15) is 0 Å². The molecule has 1 aliphatic carbocycles. The number of rotatable bonds is 10. The van der Waals surface area contributed by atoms with Crippen molar-refractivity contribution in [3.05, 3.63) is 71.5 Å². The lowest BCUT2D eigenvalue weighted by Gasteiger charge is -2.23. The van der Waals surface area contributed by atoms with Gasteiger partial charge in [-0.25, -0.2) is 0 Å². The summed E-state index contributed by atoms with van der Waals surface area (Å²) in [5, 5.41) is 10.1. The second-order valence-corrected chi connectivity index (χ2v) is 7.55. The molecule has 0 bridgehead atoms. The first-order chi connectivity index (χ1) is 12.5. The van der Waals surface area contributed by atoms with Gasteiger partial charge in [-0.05, 0) is 55.2 Å². The summed E-state index contributed by atoms with van der Waals surface area (Å²) >= 11 is 0. The highest BCUT2D eigenvalue weighted by molar-refractivity contribution is 5.95. The van der Waals surface area contributed by atoms with Gasteiger partial charge >= 0.3 is 0 Å². The zero-order valence-electron chi connectivity index (χ0n) is 16.2. The first kappa shape index (κ1) is 20.2. The third-order valence-corrected chi connectivity index (χ3v) is 5.27. The van der Waals surface area contributed by atoms with Gasteiger partial charge in [-0.1, -0.05) is 75.2 Å². The quantitative estimate of drug-likeness (QED) is 0.230. The number of aliphatic hydroxyl groups excluding tert-OH is 1. The molecule has 1 aromatic rings. The molecule has 0 spiro atoms. The molecule has 0 aliphatic heterocycles. The number of carbonyl (C=O) groups is 1. The van der Waals surface area contributed by atoms with Crippen molar-refractivity contribution >= 4 is 5.78 Å². The molecular formula is C24H32O2. The van der Waals surface area contributed by atoms with Gasteiger partial charge in [-0.3, -0.25) is 4.79 Å². The second kappa shape index (κ2) is 10.2. The van der Waals surface area contributed by atoms with Gasteiger partial charge in [0.25, 0.3) is 0 Å². The predicted octanol–water partition coefficient (Wildman–Crippen LogP) is 6.35. The van der Waals surface area contributed by atoms with E-state index in [2.05, 4.69) is 50.8 Å². The Bertz CT molecular complexity index is 663. The maximum absolute atomic E-state index is 12.1. The molecular weight excluding hydrogens is 320 g/mol. The van der Waals surface area contributed by atoms with Crippen LogP contribution < -0.4 is 0 Å². The molecule has 0 heterocycles. The minimum absolute atomic E-state index is 0.0206. The number of carbonyl (C=O) groups excluding carboxylic acids is 1. The fourth-order valence-corrected chi connectivity index (χ4v) is 3.19. The summed E-state index contributed by atoms with van der Waals surface area (Å²) in [6.45, 7) is 8.49. The molecule has 0 aromatic heterocycles. The monoisotopic (exact) mass is 352 g/mol. The minimum atomic E-state index is -0.120. The second-order valence-electron chi connectivity index (χ2n) is 7.55. The van der Waals surface area contributed by atoms with Crippen LogP contribution in [0.2, 0.25) is 0 Å². The summed E-state index contributed by atoms with van der Waals surface area (Å²) in [4.78, 5) is 12.1. The topological polar surface area (TPSA) is 37.3 Å². The van der Waals surface area contributed by atoms with E-state index in [9.17, 15) is 9.90 Å². The molecule has 1 atom stereocenters. The Kier molecular flexibility index (Phi) is 7.90. The minimum Gasteiger partial charge on any atom is -0.504 e. The Labute approximate surface area is 158 Å². The highest BCUT2D eigenvalue weighted by Crippen LogP contribution is 2.29. The molecule has 1 N–H and O–H groups in total. The summed E-state index contributed by atoms with van der Waals surface area (Å²) in [6, 6.07) is 10.5. The van der Waals surface area contributed by atoms with E-state index in [0.717, 1.165) is 44.1 Å². The average molecular weight is 353 g/mol. The van der Waals surface area contributed by atoms with Gasteiger partial charge < -0.3 is 5.11 Å². The lowest BCUT2D eigenvalue weighted by atomic mass is 9.81. The summed E-state index contributed by atoms with van der Waals surface area (Å²) in [5.41, 5.74) is 3.46. The van der Waals surface area contributed by atoms with Crippen molar-refractivity contribution in [3.8, 4) is 0 Å². The van der Waals surface area contributed by atoms with Crippen molar-refractivity contribution in [2.45, 2.75) is 58.8 Å². The van der Waals surface area contributed by atoms with E-state index < -0.39 is 0 Å². The first-order valence-corrected chi connectivity index (χ1v) is 9.85. The van der Waals surface area contributed by atoms with Crippen LogP contribution in [0.1, 0.15) is 57.9 Å². The fourth-order valence-electron chi connectivity index (χ4n) is 3.19. The molecule has 0 radical (unpaired) electrons. The van der Waals surface area contributed by atoms with Crippen LogP contribution in [0.4, 0.5) is 0 Å². The smallest absolute Gasteiger partial charge is 0.200 e. The van der Waals surface area contributed by atoms with Crippen LogP contribution in [-0.2, 0) is 11.2 Å². The van der Waals surface area contributed by atoms with Crippen molar-refractivity contribution in [3.63, 3.8) is 0 Å². The van der Waals surface area contributed by atoms with E-state index in [1.807, 2.05) is 6.07 Å². The van der Waals surface area contributed by atoms with Crippen molar-refractivity contribution in [1.29, 1.82) is 0 Å². The lowest BCUT2D eigenvalue weighted by molar-refractivity contribution is -0.123. The molecule has 0 amide bonds. The summed E-state index contributed by atoms with van der Waals surface area (Å²) in [5.74, 6) is 0.301. The molecule has 2 nitrogen and oxygen atoms in total. The molecule has 1 aliphatic rings. The largest absolute Gasteiger partial charge is 0.504 e. The number of benzene rings is 1. The normalized spacial score (nSPS) is 16.8. The van der Waals surface area contributed by atoms with E-state index >= 15 is 0 Å². The van der Waals surface area contributed by atoms with E-state index in [1.54, 1.807) is 6.08 Å². The van der Waals surface area contributed by atoms with Crippen molar-refractivity contribution < 1.29 is 9.90 Å². The third kappa shape index (κ3) is 6.33. The van der Waals surface area contributed by atoms with Crippen LogP contribution >= 0.6 is 0 Å². The summed E-state index contributed by atoms with van der Waals surface area (Å²) in [6.07, 6.45) is 10.6. The van der Waals surface area contributed by atoms with E-state index in [-0.39, 0.29) is 17.5 Å². The van der Waals surface area contributed by atoms with Crippen LogP contribution in [0, 0.1) is 11.8 Å². The molecule has 0 saturated heterocycles. The van der Waals surface area contributed by atoms with Crippen LogP contribution in [0.3, 0.4) is 0 Å². The van der Waals surface area contributed by atoms with Crippen LogP contribution in [-0.4, -0.2) is 10.9 Å². The number of ketones is 1. The number of aryl methyl sites for hydroxylation is 1. The molecule has 2 rings (SSSR count). The maximum atomic E-state index is 12.1. The molecule has 1 aromatic carbocycles. The fraction of sp³-hybridized carbons (Fsp3) is 0.458. The zero-order valence-corrected chi connectivity index (χ0v) is 16.2. The number of Topliss-reactive ketones (excluding diaryl/α,β-unsaturated/α-hetero) is 1. The molecule has 1 saturated carbocycles. The Balaban J connectivity index is 1.99. The van der Waals surface area contributed by atoms with Crippen molar-refractivity contribution in [1.82, 2.24) is 0 Å². The summed E-state index contributed by atoms with van der Waals surface area (Å²) < 4.78 is 0.